The topological polar surface area (TPSA) is 53.1 Å². The van der Waals surface area contributed by atoms with Crippen LogP contribution in [0.3, 0.4) is 0 Å². The smallest absolute Gasteiger partial charge is 0.218 e. The van der Waals surface area contributed by atoms with Crippen LogP contribution in [0.2, 0.25) is 0 Å². The third-order valence-corrected chi connectivity index (χ3v) is 3.68. The molecule has 0 saturated heterocycles. The Morgan fingerprint density at radius 2 is 2.19 bits per heavy atom. The molecule has 4 nitrogen and oxygen atoms in total. The first-order valence-electron chi connectivity index (χ1n) is 6.55. The predicted molar refractivity (Wildman–Crippen MR) is 87.7 cm³/mol. The molecule has 21 heavy (non-hydrogen) atoms. The molecule has 0 fully saturated rings. The first-order chi connectivity index (χ1) is 10.2. The molecule has 2 N–H and O–H groups in total. The molecule has 106 valence electrons. The average molecular weight is 297 g/mol. The number of aromatic nitrogens is 2. The van der Waals surface area contributed by atoms with Crippen LogP contribution in [0.4, 0.5) is 0 Å². The number of nitrogens with zero attached hydrogens (tertiary/aromatic N) is 2. The van der Waals surface area contributed by atoms with E-state index in [0.29, 0.717) is 17.4 Å². The van der Waals surface area contributed by atoms with Gasteiger partial charge >= 0.3 is 0 Å². The Labute approximate surface area is 128 Å². The van der Waals surface area contributed by atoms with Crippen molar-refractivity contribution in [3.63, 3.8) is 0 Å². The molecule has 2 aromatic heterocycles. The largest absolute Gasteiger partial charge is 0.481 e. The van der Waals surface area contributed by atoms with Crippen molar-refractivity contribution in [2.75, 3.05) is 7.11 Å². The van der Waals surface area contributed by atoms with Gasteiger partial charge in [-0.25, -0.2) is 4.98 Å². The Morgan fingerprint density at radius 3 is 2.95 bits per heavy atom. The van der Waals surface area contributed by atoms with Gasteiger partial charge in [-0.3, -0.25) is 0 Å². The average Bonchev–Trinajstić information content (AvgIpc) is 2.90. The first-order valence-corrected chi connectivity index (χ1v) is 6.96. The Morgan fingerprint density at radius 1 is 1.33 bits per heavy atom. The van der Waals surface area contributed by atoms with E-state index in [0.717, 1.165) is 22.0 Å². The summed E-state index contributed by atoms with van der Waals surface area (Å²) in [6.45, 7) is 0.682. The van der Waals surface area contributed by atoms with Gasteiger partial charge in [0.05, 0.1) is 13.7 Å². The van der Waals surface area contributed by atoms with E-state index < -0.39 is 0 Å². The van der Waals surface area contributed by atoms with Gasteiger partial charge in [-0.1, -0.05) is 30.4 Å². The number of thiocarbonyl (C=S) groups is 1. The quantitative estimate of drug-likeness (QED) is 0.752. The summed E-state index contributed by atoms with van der Waals surface area (Å²) in [7, 11) is 1.63. The van der Waals surface area contributed by atoms with E-state index in [1.54, 1.807) is 13.3 Å². The maximum absolute atomic E-state index is 5.71. The normalized spacial score (nSPS) is 10.7. The molecular weight excluding hydrogens is 282 g/mol. The van der Waals surface area contributed by atoms with E-state index in [-0.39, 0.29) is 0 Å². The van der Waals surface area contributed by atoms with E-state index >= 15 is 0 Å². The van der Waals surface area contributed by atoms with Crippen LogP contribution >= 0.6 is 12.2 Å². The van der Waals surface area contributed by atoms with Gasteiger partial charge in [0.25, 0.3) is 0 Å². The highest BCUT2D eigenvalue weighted by molar-refractivity contribution is 7.80. The molecular formula is C16H15N3OS. The van der Waals surface area contributed by atoms with Gasteiger partial charge in [0.15, 0.2) is 0 Å². The van der Waals surface area contributed by atoms with Crippen LogP contribution in [0.15, 0.2) is 48.8 Å². The first kappa shape index (κ1) is 13.6. The summed E-state index contributed by atoms with van der Waals surface area (Å²) in [6, 6.07) is 12.0. The van der Waals surface area contributed by atoms with Crippen molar-refractivity contribution >= 4 is 28.1 Å². The van der Waals surface area contributed by atoms with Gasteiger partial charge in [-0.15, -0.1) is 0 Å². The lowest BCUT2D eigenvalue weighted by molar-refractivity contribution is 0.391. The monoisotopic (exact) mass is 297 g/mol. The Bertz CT molecular complexity index is 810. The zero-order valence-corrected chi connectivity index (χ0v) is 12.4. The molecule has 2 heterocycles. The van der Waals surface area contributed by atoms with Gasteiger partial charge in [-0.05, 0) is 23.6 Å². The zero-order chi connectivity index (χ0) is 14.8. The molecule has 3 rings (SSSR count). The number of hydrogen-bond acceptors (Lipinski definition) is 3. The maximum atomic E-state index is 5.71. The van der Waals surface area contributed by atoms with Gasteiger partial charge in [-0.2, -0.15) is 0 Å². The Kier molecular flexibility index (Phi) is 3.58. The number of benzene rings is 1. The molecule has 0 aliphatic rings. The molecule has 0 bridgehead atoms. The number of hydrogen-bond donors (Lipinski definition) is 1. The van der Waals surface area contributed by atoms with E-state index in [1.165, 1.54) is 0 Å². The number of ether oxygens (including phenoxy) is 1. The van der Waals surface area contributed by atoms with Crippen LogP contribution in [0.25, 0.3) is 10.9 Å². The van der Waals surface area contributed by atoms with Crippen LogP contribution in [0.5, 0.6) is 5.88 Å². The van der Waals surface area contributed by atoms with Crippen LogP contribution in [-0.4, -0.2) is 21.6 Å². The second-order valence-electron chi connectivity index (χ2n) is 4.75. The van der Waals surface area contributed by atoms with Crippen molar-refractivity contribution in [1.29, 1.82) is 0 Å². The maximum Gasteiger partial charge on any atom is 0.218 e. The van der Waals surface area contributed by atoms with Crippen molar-refractivity contribution < 1.29 is 4.74 Å². The molecule has 0 atom stereocenters. The molecule has 0 saturated carbocycles. The third kappa shape index (κ3) is 2.60. The molecule has 0 unspecified atom stereocenters. The lowest BCUT2D eigenvalue weighted by Crippen LogP contribution is -2.09. The van der Waals surface area contributed by atoms with Crippen LogP contribution in [-0.2, 0) is 6.54 Å². The van der Waals surface area contributed by atoms with Crippen molar-refractivity contribution in [2.45, 2.75) is 6.54 Å². The Balaban J connectivity index is 2.04. The third-order valence-electron chi connectivity index (χ3n) is 3.44. The molecule has 5 heteroatoms. The van der Waals surface area contributed by atoms with Crippen molar-refractivity contribution in [3.05, 3.63) is 59.9 Å². The minimum atomic E-state index is 0.406. The van der Waals surface area contributed by atoms with Gasteiger partial charge in [0.2, 0.25) is 5.88 Å². The Hall–Kier alpha value is -2.40. The minimum absolute atomic E-state index is 0.406. The fourth-order valence-corrected chi connectivity index (χ4v) is 2.51. The van der Waals surface area contributed by atoms with E-state index in [1.807, 2.05) is 36.5 Å². The van der Waals surface area contributed by atoms with Crippen molar-refractivity contribution in [1.82, 2.24) is 9.55 Å². The fraction of sp³-hybridized carbons (Fsp3) is 0.125. The van der Waals surface area contributed by atoms with Gasteiger partial charge in [0.1, 0.15) is 4.99 Å². The molecule has 1 aromatic carbocycles. The summed E-state index contributed by atoms with van der Waals surface area (Å²) >= 11 is 5.05. The zero-order valence-electron chi connectivity index (χ0n) is 11.6. The summed E-state index contributed by atoms with van der Waals surface area (Å²) in [5.41, 5.74) is 8.70. The van der Waals surface area contributed by atoms with E-state index in [9.17, 15) is 0 Å². The SMILES string of the molecule is COc1ncccc1Cn1ccc2ccc(C(N)=S)cc21. The number of rotatable bonds is 4. The molecule has 0 radical (unpaired) electrons. The molecule has 0 spiro atoms. The lowest BCUT2D eigenvalue weighted by atomic mass is 10.1. The van der Waals surface area contributed by atoms with Crippen LogP contribution < -0.4 is 10.5 Å². The van der Waals surface area contributed by atoms with Crippen LogP contribution in [0, 0.1) is 0 Å². The predicted octanol–water partition coefficient (Wildman–Crippen LogP) is 2.73. The van der Waals surface area contributed by atoms with Crippen molar-refractivity contribution in [3.8, 4) is 5.88 Å². The number of methoxy groups -OCH3 is 1. The molecule has 0 amide bonds. The van der Waals surface area contributed by atoms with Crippen LogP contribution in [0.1, 0.15) is 11.1 Å². The summed E-state index contributed by atoms with van der Waals surface area (Å²) in [5, 5.41) is 1.15. The van der Waals surface area contributed by atoms with Gasteiger partial charge < -0.3 is 15.0 Å². The van der Waals surface area contributed by atoms with Crippen molar-refractivity contribution in [2.24, 2.45) is 5.73 Å². The number of nitrogens with two attached hydrogens (primary N) is 1. The number of pyridine rings is 1. The van der Waals surface area contributed by atoms with E-state index in [2.05, 4.69) is 15.6 Å². The second-order valence-corrected chi connectivity index (χ2v) is 5.19. The fourth-order valence-electron chi connectivity index (χ4n) is 2.39. The summed E-state index contributed by atoms with van der Waals surface area (Å²) in [6.07, 6.45) is 3.77. The molecule has 3 aromatic rings. The highest BCUT2D eigenvalue weighted by Crippen LogP contribution is 2.21. The summed E-state index contributed by atoms with van der Waals surface area (Å²) in [4.78, 5) is 4.63. The standard InChI is InChI=1S/C16H15N3OS/c1-20-16-13(3-2-7-18-16)10-19-8-6-11-4-5-12(15(17)21)9-14(11)19/h2-9H,10H2,1H3,(H2,17,21). The van der Waals surface area contributed by atoms with E-state index in [4.69, 9.17) is 22.7 Å². The molecule has 0 aliphatic heterocycles. The second kappa shape index (κ2) is 5.54. The molecule has 0 aliphatic carbocycles. The van der Waals surface area contributed by atoms with Gasteiger partial charge in [0, 0.05) is 29.0 Å². The summed E-state index contributed by atoms with van der Waals surface area (Å²) < 4.78 is 7.44. The minimum Gasteiger partial charge on any atom is -0.481 e. The highest BCUT2D eigenvalue weighted by Gasteiger charge is 2.08. The lowest BCUT2D eigenvalue weighted by Gasteiger charge is -2.09. The number of fused-ring (bicyclic) bond motifs is 1. The highest BCUT2D eigenvalue weighted by atomic mass is 32.1. The summed E-state index contributed by atoms with van der Waals surface area (Å²) in [5.74, 6) is 0.643.